The van der Waals surface area contributed by atoms with E-state index >= 15 is 0 Å². The van der Waals surface area contributed by atoms with E-state index in [4.69, 9.17) is 0 Å². The number of hydrogen-bond donors (Lipinski definition) is 2. The molecular formula is C16H25AsO2. The van der Waals surface area contributed by atoms with E-state index in [9.17, 15) is 10.2 Å². The van der Waals surface area contributed by atoms with Crippen LogP contribution in [0.2, 0.25) is 16.6 Å². The summed E-state index contributed by atoms with van der Waals surface area (Å²) >= 11 is -0.813. The molecular weight excluding hydrogens is 299 g/mol. The quantitative estimate of drug-likeness (QED) is 0.824. The van der Waals surface area contributed by atoms with Gasteiger partial charge in [-0.05, 0) is 0 Å². The molecule has 0 radical (unpaired) electrons. The van der Waals surface area contributed by atoms with Crippen molar-refractivity contribution in [3.63, 3.8) is 0 Å². The molecule has 3 heteroatoms. The van der Waals surface area contributed by atoms with Crippen LogP contribution in [-0.2, 0) is 0 Å². The van der Waals surface area contributed by atoms with Gasteiger partial charge in [-0.2, -0.15) is 0 Å². The van der Waals surface area contributed by atoms with E-state index < -0.39 is 20.3 Å². The second-order valence-corrected chi connectivity index (χ2v) is 11.4. The van der Waals surface area contributed by atoms with Crippen molar-refractivity contribution in [3.05, 3.63) is 29.8 Å². The molecule has 0 aromatic heterocycles. The molecule has 2 rings (SSSR count). The molecule has 106 valence electrons. The Morgan fingerprint density at radius 3 is 2.21 bits per heavy atom. The summed E-state index contributed by atoms with van der Waals surface area (Å²) in [6, 6.07) is 7.48. The number of hydrogen-bond acceptors (Lipinski definition) is 2. The van der Waals surface area contributed by atoms with Gasteiger partial charge in [0.25, 0.3) is 0 Å². The predicted octanol–water partition coefficient (Wildman–Crippen LogP) is 3.93. The fourth-order valence-corrected chi connectivity index (χ4v) is 5.86. The summed E-state index contributed by atoms with van der Waals surface area (Å²) in [4.78, 5) is 0. The second kappa shape index (κ2) is 6.33. The van der Waals surface area contributed by atoms with Gasteiger partial charge in [-0.15, -0.1) is 0 Å². The summed E-state index contributed by atoms with van der Waals surface area (Å²) in [6.45, 7) is 0. The van der Waals surface area contributed by atoms with Crippen LogP contribution >= 0.6 is 0 Å². The number of phenols is 1. The Kier molecular flexibility index (Phi) is 4.97. The van der Waals surface area contributed by atoms with Crippen molar-refractivity contribution < 1.29 is 10.2 Å². The van der Waals surface area contributed by atoms with Crippen LogP contribution in [0.15, 0.2) is 24.3 Å². The average Bonchev–Trinajstić information content (AvgIpc) is 2.38. The van der Waals surface area contributed by atoms with Crippen LogP contribution in [0.4, 0.5) is 0 Å². The molecule has 1 aliphatic rings. The Balaban J connectivity index is 2.26. The van der Waals surface area contributed by atoms with Crippen molar-refractivity contribution in [2.24, 2.45) is 0 Å². The molecule has 19 heavy (non-hydrogen) atoms. The fourth-order valence-electron chi connectivity index (χ4n) is 3.17. The second-order valence-electron chi connectivity index (χ2n) is 6.07. The molecule has 2 nitrogen and oxygen atoms in total. The van der Waals surface area contributed by atoms with Gasteiger partial charge in [0, 0.05) is 0 Å². The number of benzene rings is 1. The van der Waals surface area contributed by atoms with E-state index in [0.29, 0.717) is 5.75 Å². The zero-order valence-corrected chi connectivity index (χ0v) is 13.8. The minimum absolute atomic E-state index is 0.253. The van der Waals surface area contributed by atoms with Crippen LogP contribution in [0, 0.1) is 0 Å². The van der Waals surface area contributed by atoms with E-state index in [0.717, 1.165) is 30.9 Å². The topological polar surface area (TPSA) is 40.5 Å². The Bertz CT molecular complexity index is 394. The van der Waals surface area contributed by atoms with E-state index in [2.05, 4.69) is 11.4 Å². The summed E-state index contributed by atoms with van der Waals surface area (Å²) in [5.41, 5.74) is 5.39. The van der Waals surface area contributed by atoms with E-state index in [1.807, 2.05) is 12.1 Å². The zero-order chi connectivity index (χ0) is 13.9. The number of aromatic hydroxyl groups is 1. The molecule has 1 atom stereocenters. The third-order valence-corrected chi connectivity index (χ3v) is 6.51. The Labute approximate surface area is 121 Å². The van der Waals surface area contributed by atoms with Gasteiger partial charge in [-0.1, -0.05) is 0 Å². The molecule has 2 N–H and O–H groups in total. The first-order valence-electron chi connectivity index (χ1n) is 7.17. The molecule has 1 aromatic carbocycles. The Morgan fingerprint density at radius 1 is 1.11 bits per heavy atom. The summed E-state index contributed by atoms with van der Waals surface area (Å²) in [7, 11) is 0. The Morgan fingerprint density at radius 2 is 1.68 bits per heavy atom. The van der Waals surface area contributed by atoms with Gasteiger partial charge in [-0.3, -0.25) is 0 Å². The van der Waals surface area contributed by atoms with Crippen molar-refractivity contribution in [2.45, 2.75) is 60.3 Å². The number of aliphatic hydroxyl groups is 1. The van der Waals surface area contributed by atoms with E-state index in [1.165, 1.54) is 12.0 Å². The zero-order valence-electron chi connectivity index (χ0n) is 12.0. The minimum atomic E-state index is -0.813. The first kappa shape index (κ1) is 14.9. The first-order chi connectivity index (χ1) is 9.01. The molecule has 1 unspecified atom stereocenters. The maximum absolute atomic E-state index is 11.1. The third kappa shape index (κ3) is 3.76. The summed E-state index contributed by atoms with van der Waals surface area (Å²) < 4.78 is 0. The van der Waals surface area contributed by atoms with Crippen LogP contribution in [0.5, 0.6) is 5.75 Å². The van der Waals surface area contributed by atoms with Gasteiger partial charge in [0.2, 0.25) is 0 Å². The molecule has 1 aromatic rings. The third-order valence-electron chi connectivity index (χ3n) is 4.21. The van der Waals surface area contributed by atoms with Crippen LogP contribution in [0.3, 0.4) is 0 Å². The molecule has 0 heterocycles. The average molecular weight is 324 g/mol. The normalized spacial score (nSPS) is 20.4. The van der Waals surface area contributed by atoms with Crippen LogP contribution in [0.25, 0.3) is 0 Å². The van der Waals surface area contributed by atoms with Gasteiger partial charge in [0.1, 0.15) is 0 Å². The Hall–Kier alpha value is -0.462. The van der Waals surface area contributed by atoms with Crippen molar-refractivity contribution in [3.8, 4) is 5.75 Å². The molecule has 0 bridgehead atoms. The predicted molar refractivity (Wildman–Crippen MR) is 81.2 cm³/mol. The molecule has 1 aliphatic carbocycles. The molecule has 1 fully saturated rings. The van der Waals surface area contributed by atoms with E-state index in [-0.39, 0.29) is 5.92 Å². The molecule has 0 amide bonds. The van der Waals surface area contributed by atoms with Gasteiger partial charge in [-0.25, -0.2) is 0 Å². The van der Waals surface area contributed by atoms with Crippen molar-refractivity contribution in [2.75, 3.05) is 0 Å². The standard InChI is InChI=1S/C16H25AsO2/c1-17(2)12-15(13-6-8-14(18)9-7-13)16(19)10-4-3-5-11-16/h6-9,15,18-19H,3-5,10-12H2,1-2H3. The monoisotopic (exact) mass is 324 g/mol. The number of phenolic OH excluding ortho intramolecular Hbond substituents is 1. The molecule has 1 saturated carbocycles. The van der Waals surface area contributed by atoms with Gasteiger partial charge >= 0.3 is 121 Å². The molecule has 0 spiro atoms. The van der Waals surface area contributed by atoms with Crippen LogP contribution < -0.4 is 0 Å². The molecule has 0 aliphatic heterocycles. The molecule has 0 saturated heterocycles. The SMILES string of the molecule is C[As](C)CC(c1ccc(O)cc1)C1(O)CCCCC1. The maximum atomic E-state index is 11.1. The van der Waals surface area contributed by atoms with Crippen LogP contribution in [0.1, 0.15) is 43.6 Å². The first-order valence-corrected chi connectivity index (χ1v) is 12.3. The fraction of sp³-hybridized carbons (Fsp3) is 0.625. The van der Waals surface area contributed by atoms with Crippen molar-refractivity contribution in [1.29, 1.82) is 0 Å². The number of rotatable bonds is 4. The van der Waals surface area contributed by atoms with Crippen molar-refractivity contribution in [1.82, 2.24) is 0 Å². The summed E-state index contributed by atoms with van der Waals surface area (Å²) in [5, 5.41) is 21.7. The van der Waals surface area contributed by atoms with Crippen LogP contribution in [-0.4, -0.2) is 30.5 Å². The van der Waals surface area contributed by atoms with Crippen molar-refractivity contribution >= 4 is 14.7 Å². The van der Waals surface area contributed by atoms with Gasteiger partial charge < -0.3 is 0 Å². The summed E-state index contributed by atoms with van der Waals surface area (Å²) in [6.07, 6.45) is 5.41. The summed E-state index contributed by atoms with van der Waals surface area (Å²) in [5.74, 6) is 0.559. The van der Waals surface area contributed by atoms with Gasteiger partial charge in [0.15, 0.2) is 0 Å². The van der Waals surface area contributed by atoms with Gasteiger partial charge in [0.05, 0.1) is 0 Å². The van der Waals surface area contributed by atoms with E-state index in [1.54, 1.807) is 12.1 Å².